The predicted octanol–water partition coefficient (Wildman–Crippen LogP) is 3.84. The number of aliphatic carboxylic acids is 1. The van der Waals surface area contributed by atoms with Gasteiger partial charge in [0.15, 0.2) is 9.84 Å². The first-order valence-corrected chi connectivity index (χ1v) is 10.6. The normalized spacial score (nSPS) is 17.4. The second kappa shape index (κ2) is 9.70. The van der Waals surface area contributed by atoms with Crippen molar-refractivity contribution in [2.75, 3.05) is 11.6 Å². The highest BCUT2D eigenvalue weighted by Crippen LogP contribution is 2.25. The zero-order chi connectivity index (χ0) is 21.4. The number of carboxylic acid groups (broad SMARTS) is 1. The van der Waals surface area contributed by atoms with Gasteiger partial charge in [0.1, 0.15) is 5.71 Å². The molecule has 2 aromatic rings. The number of nitrogens with zero attached hydrogens (tertiary/aromatic N) is 1. The third-order valence-corrected chi connectivity index (χ3v) is 5.28. The molecule has 29 heavy (non-hydrogen) atoms. The number of allylic oxidation sites excluding steroid dienone is 3. The van der Waals surface area contributed by atoms with E-state index in [1.807, 2.05) is 60.7 Å². The highest BCUT2D eigenvalue weighted by Gasteiger charge is 2.31. The largest absolute Gasteiger partial charge is 0.478 e. The van der Waals surface area contributed by atoms with Crippen LogP contribution in [0.25, 0.3) is 0 Å². The molecule has 0 aromatic heterocycles. The lowest BCUT2D eigenvalue weighted by Crippen LogP contribution is -2.26. The molecule has 0 bridgehead atoms. The van der Waals surface area contributed by atoms with Gasteiger partial charge in [-0.3, -0.25) is 0 Å². The first-order chi connectivity index (χ1) is 13.7. The summed E-state index contributed by atoms with van der Waals surface area (Å²) in [4.78, 5) is 10.6. The Labute approximate surface area is 169 Å². The summed E-state index contributed by atoms with van der Waals surface area (Å²) in [5, 5.41) is 23.8. The minimum atomic E-state index is -3.54. The van der Waals surface area contributed by atoms with E-state index in [0.29, 0.717) is 0 Å². The molecule has 3 rings (SSSR count). The third kappa shape index (κ3) is 6.05. The molecular formula is C21H22N2O5S. The molecule has 1 unspecified atom stereocenters. The topological polar surface area (TPSA) is 116 Å². The number of para-hydroxylation sites is 2. The molecule has 7 nitrogen and oxygen atoms in total. The summed E-state index contributed by atoms with van der Waals surface area (Å²) in [7, 11) is -3.54. The maximum absolute atomic E-state index is 11.3. The van der Waals surface area contributed by atoms with Gasteiger partial charge in [-0.15, -0.1) is 0 Å². The van der Waals surface area contributed by atoms with Crippen molar-refractivity contribution in [1.29, 1.82) is 0 Å². The molecule has 0 saturated heterocycles. The van der Waals surface area contributed by atoms with Crippen LogP contribution in [0.15, 0.2) is 88.4 Å². The molecule has 1 aliphatic carbocycles. The molecule has 3 N–H and O–H groups in total. The Morgan fingerprint density at radius 3 is 1.83 bits per heavy atom. The van der Waals surface area contributed by atoms with E-state index in [1.54, 1.807) is 0 Å². The number of carbonyl (C=O) groups is 1. The zero-order valence-electron chi connectivity index (χ0n) is 16.0. The highest BCUT2D eigenvalue weighted by molar-refractivity contribution is 7.95. The number of benzene rings is 2. The smallest absolute Gasteiger partial charge is 0.332 e. The van der Waals surface area contributed by atoms with Crippen LogP contribution in [0.5, 0.6) is 0 Å². The maximum Gasteiger partial charge on any atom is 0.332 e. The number of rotatable bonds is 4. The number of anilines is 2. The number of hydrogen-bond acceptors (Lipinski definition) is 6. The van der Waals surface area contributed by atoms with E-state index in [9.17, 15) is 13.2 Å². The molecule has 0 fully saturated rings. The Morgan fingerprint density at radius 2 is 1.45 bits per heavy atom. The molecule has 0 aliphatic heterocycles. The van der Waals surface area contributed by atoms with Gasteiger partial charge >= 0.3 is 5.97 Å². The number of nitrogens with one attached hydrogen (secondary N) is 1. The fourth-order valence-corrected chi connectivity index (χ4v) is 3.58. The monoisotopic (exact) mass is 414 g/mol. The van der Waals surface area contributed by atoms with E-state index in [1.165, 1.54) is 13.0 Å². The fourth-order valence-electron chi connectivity index (χ4n) is 2.67. The number of oxime groups is 1. The summed E-state index contributed by atoms with van der Waals surface area (Å²) in [5.41, 5.74) is 2.07. The first kappa shape index (κ1) is 21.9. The van der Waals surface area contributed by atoms with Crippen LogP contribution in [0, 0.1) is 5.92 Å². The summed E-state index contributed by atoms with van der Waals surface area (Å²) in [6, 6.07) is 20.3. The van der Waals surface area contributed by atoms with Crippen molar-refractivity contribution in [3.05, 3.63) is 83.3 Å². The molecule has 1 aliphatic rings. The van der Waals surface area contributed by atoms with E-state index in [4.69, 9.17) is 10.3 Å². The molecule has 0 radical (unpaired) electrons. The Hall–Kier alpha value is -3.39. The van der Waals surface area contributed by atoms with E-state index < -0.39 is 21.7 Å². The molecule has 0 amide bonds. The van der Waals surface area contributed by atoms with Crippen molar-refractivity contribution >= 4 is 32.9 Å². The van der Waals surface area contributed by atoms with Gasteiger partial charge in [-0.1, -0.05) is 48.5 Å². The summed E-state index contributed by atoms with van der Waals surface area (Å²) in [5.74, 6) is -1.94. The Balaban J connectivity index is 0.000000211. The standard InChI is InChI=1S/C12H11N.C9H11NO5S/c1-3-7-11(8-4-1)13-12-9-5-2-6-10-12;1-5-6(9(11)12)3-4-7(8(5)10-13)16(2,14)15/h1-10,13H;3-5,13H,1-2H3,(H,11,12). The minimum Gasteiger partial charge on any atom is -0.478 e. The van der Waals surface area contributed by atoms with Crippen LogP contribution in [0.2, 0.25) is 0 Å². The van der Waals surface area contributed by atoms with Gasteiger partial charge in [0.25, 0.3) is 0 Å². The van der Waals surface area contributed by atoms with Crippen molar-refractivity contribution < 1.29 is 23.5 Å². The van der Waals surface area contributed by atoms with Gasteiger partial charge in [-0.2, -0.15) is 0 Å². The van der Waals surface area contributed by atoms with Crippen LogP contribution < -0.4 is 5.32 Å². The molecule has 0 heterocycles. The Kier molecular flexibility index (Phi) is 7.33. The van der Waals surface area contributed by atoms with E-state index in [0.717, 1.165) is 23.7 Å². The SMILES string of the molecule is CC1C(C(=O)O)=CC=C(S(C)(=O)=O)C1=NO.c1ccc(Nc2ccccc2)cc1. The number of hydrogen-bond donors (Lipinski definition) is 3. The van der Waals surface area contributed by atoms with Crippen molar-refractivity contribution in [3.63, 3.8) is 0 Å². The summed E-state index contributed by atoms with van der Waals surface area (Å²) in [6.07, 6.45) is 3.31. The minimum absolute atomic E-state index is 0.0137. The van der Waals surface area contributed by atoms with Gasteiger partial charge in [-0.05, 0) is 36.4 Å². The number of carboxylic acids is 1. The van der Waals surface area contributed by atoms with Gasteiger partial charge in [0, 0.05) is 29.1 Å². The van der Waals surface area contributed by atoms with Crippen LogP contribution in [0.3, 0.4) is 0 Å². The Morgan fingerprint density at radius 1 is 0.966 bits per heavy atom. The van der Waals surface area contributed by atoms with Crippen LogP contribution in [0.1, 0.15) is 6.92 Å². The van der Waals surface area contributed by atoms with E-state index >= 15 is 0 Å². The summed E-state index contributed by atoms with van der Waals surface area (Å²) < 4.78 is 22.7. The fraction of sp³-hybridized carbons (Fsp3) is 0.143. The van der Waals surface area contributed by atoms with Crippen LogP contribution >= 0.6 is 0 Å². The van der Waals surface area contributed by atoms with Gasteiger partial charge in [0.05, 0.1) is 4.91 Å². The zero-order valence-corrected chi connectivity index (χ0v) is 16.8. The van der Waals surface area contributed by atoms with Crippen LogP contribution in [-0.4, -0.2) is 36.7 Å². The van der Waals surface area contributed by atoms with E-state index in [2.05, 4.69) is 10.5 Å². The van der Waals surface area contributed by atoms with Crippen molar-refractivity contribution in [3.8, 4) is 0 Å². The average molecular weight is 414 g/mol. The molecule has 8 heteroatoms. The highest BCUT2D eigenvalue weighted by atomic mass is 32.2. The predicted molar refractivity (Wildman–Crippen MR) is 113 cm³/mol. The summed E-state index contributed by atoms with van der Waals surface area (Å²) in [6.45, 7) is 1.47. The van der Waals surface area contributed by atoms with Gasteiger partial charge in [-0.25, -0.2) is 13.2 Å². The Bertz CT molecular complexity index is 1010. The lowest BCUT2D eigenvalue weighted by Gasteiger charge is -2.19. The maximum atomic E-state index is 11.3. The molecule has 152 valence electrons. The van der Waals surface area contributed by atoms with Crippen molar-refractivity contribution in [2.24, 2.45) is 11.1 Å². The summed E-state index contributed by atoms with van der Waals surface area (Å²) >= 11 is 0. The quantitative estimate of drug-likeness (QED) is 0.517. The first-order valence-electron chi connectivity index (χ1n) is 8.68. The second-order valence-electron chi connectivity index (χ2n) is 6.29. The van der Waals surface area contributed by atoms with Crippen LogP contribution in [-0.2, 0) is 14.6 Å². The van der Waals surface area contributed by atoms with Gasteiger partial charge in [0.2, 0.25) is 0 Å². The molecule has 0 saturated carbocycles. The number of sulfone groups is 1. The average Bonchev–Trinajstić information content (AvgIpc) is 2.69. The van der Waals surface area contributed by atoms with Gasteiger partial charge < -0.3 is 15.6 Å². The third-order valence-electron chi connectivity index (χ3n) is 4.13. The molecule has 2 aromatic carbocycles. The molecule has 1 atom stereocenters. The van der Waals surface area contributed by atoms with Crippen LogP contribution in [0.4, 0.5) is 11.4 Å². The molecular weight excluding hydrogens is 392 g/mol. The molecule has 0 spiro atoms. The van der Waals surface area contributed by atoms with E-state index in [-0.39, 0.29) is 16.2 Å². The van der Waals surface area contributed by atoms with Crippen molar-refractivity contribution in [1.82, 2.24) is 0 Å². The second-order valence-corrected chi connectivity index (χ2v) is 8.28. The van der Waals surface area contributed by atoms with Crippen molar-refractivity contribution in [2.45, 2.75) is 6.92 Å². The lowest BCUT2D eigenvalue weighted by molar-refractivity contribution is -0.133. The lowest BCUT2D eigenvalue weighted by atomic mass is 9.91.